The van der Waals surface area contributed by atoms with Gasteiger partial charge in [-0.2, -0.15) is 8.78 Å². The highest BCUT2D eigenvalue weighted by Gasteiger charge is 2.19. The van der Waals surface area contributed by atoms with Gasteiger partial charge in [0.15, 0.2) is 0 Å². The van der Waals surface area contributed by atoms with Gasteiger partial charge in [-0.1, -0.05) is 12.1 Å². The molecule has 118 valence electrons. The maximum absolute atomic E-state index is 12.3. The van der Waals surface area contributed by atoms with Crippen LogP contribution in [0.5, 0.6) is 5.75 Å². The Morgan fingerprint density at radius 3 is 2.71 bits per heavy atom. The van der Waals surface area contributed by atoms with Crippen molar-refractivity contribution in [1.82, 2.24) is 10.2 Å². The van der Waals surface area contributed by atoms with Crippen molar-refractivity contribution in [3.8, 4) is 5.75 Å². The van der Waals surface area contributed by atoms with Gasteiger partial charge >= 0.3 is 6.61 Å². The smallest absolute Gasteiger partial charge is 0.387 e. The minimum Gasteiger partial charge on any atom is -0.435 e. The standard InChI is InChI=1S/C16H24F2N2O/c1-12(20(2)11-13-6-8-19-9-7-13)14-4-3-5-15(10-14)21-16(17)18/h3-5,10,12-13,16,19H,6-9,11H2,1-2H3. The number of piperidine rings is 1. The zero-order valence-corrected chi connectivity index (χ0v) is 12.7. The Labute approximate surface area is 125 Å². The third-order valence-corrected chi connectivity index (χ3v) is 4.23. The molecule has 1 N–H and O–H groups in total. The highest BCUT2D eigenvalue weighted by atomic mass is 19.3. The lowest BCUT2D eigenvalue weighted by atomic mass is 9.96. The number of hydrogen-bond donors (Lipinski definition) is 1. The number of benzene rings is 1. The average Bonchev–Trinajstić information content (AvgIpc) is 2.47. The van der Waals surface area contributed by atoms with Gasteiger partial charge in [-0.25, -0.2) is 0 Å². The summed E-state index contributed by atoms with van der Waals surface area (Å²) in [4.78, 5) is 2.29. The summed E-state index contributed by atoms with van der Waals surface area (Å²) in [5, 5.41) is 3.37. The Hall–Kier alpha value is -1.20. The topological polar surface area (TPSA) is 24.5 Å². The van der Waals surface area contributed by atoms with Crippen LogP contribution < -0.4 is 10.1 Å². The fraction of sp³-hybridized carbons (Fsp3) is 0.625. The predicted molar refractivity (Wildman–Crippen MR) is 79.7 cm³/mol. The molecule has 0 aromatic heterocycles. The zero-order chi connectivity index (χ0) is 15.2. The van der Waals surface area contributed by atoms with E-state index in [0.717, 1.165) is 25.2 Å². The average molecular weight is 298 g/mol. The summed E-state index contributed by atoms with van der Waals surface area (Å²) in [7, 11) is 2.09. The summed E-state index contributed by atoms with van der Waals surface area (Å²) in [5.41, 5.74) is 1.00. The summed E-state index contributed by atoms with van der Waals surface area (Å²) in [6.45, 7) is 2.53. The molecule has 1 saturated heterocycles. The van der Waals surface area contributed by atoms with Gasteiger partial charge in [0.25, 0.3) is 0 Å². The Morgan fingerprint density at radius 1 is 1.33 bits per heavy atom. The lowest BCUT2D eigenvalue weighted by Crippen LogP contribution is -2.35. The second kappa shape index (κ2) is 7.71. The van der Waals surface area contributed by atoms with Gasteiger partial charge in [0.1, 0.15) is 5.75 Å². The van der Waals surface area contributed by atoms with Crippen LogP contribution in [0.25, 0.3) is 0 Å². The molecule has 0 spiro atoms. The molecule has 1 aliphatic heterocycles. The highest BCUT2D eigenvalue weighted by Crippen LogP contribution is 2.25. The van der Waals surface area contributed by atoms with Crippen molar-refractivity contribution in [1.29, 1.82) is 0 Å². The van der Waals surface area contributed by atoms with Crippen LogP contribution in [0.15, 0.2) is 24.3 Å². The summed E-state index contributed by atoms with van der Waals surface area (Å²) in [6.07, 6.45) is 2.40. The second-order valence-corrected chi connectivity index (χ2v) is 5.76. The molecule has 0 saturated carbocycles. The Balaban J connectivity index is 1.95. The first-order valence-electron chi connectivity index (χ1n) is 7.52. The molecule has 3 nitrogen and oxygen atoms in total. The van der Waals surface area contributed by atoms with Gasteiger partial charge in [0, 0.05) is 12.6 Å². The first kappa shape index (κ1) is 16.2. The summed E-state index contributed by atoms with van der Waals surface area (Å²) >= 11 is 0. The van der Waals surface area contributed by atoms with E-state index in [2.05, 4.69) is 28.9 Å². The predicted octanol–water partition coefficient (Wildman–Crippen LogP) is 3.28. The number of nitrogens with one attached hydrogen (secondary N) is 1. The summed E-state index contributed by atoms with van der Waals surface area (Å²) < 4.78 is 29.0. The molecule has 0 bridgehead atoms. The largest absolute Gasteiger partial charge is 0.435 e. The SMILES string of the molecule is CC(c1cccc(OC(F)F)c1)N(C)CC1CCNCC1. The second-order valence-electron chi connectivity index (χ2n) is 5.76. The number of halogens is 2. The molecule has 1 fully saturated rings. The molecule has 2 rings (SSSR count). The number of hydrogen-bond acceptors (Lipinski definition) is 3. The molecule has 1 aromatic carbocycles. The Kier molecular flexibility index (Phi) is 5.94. The van der Waals surface area contributed by atoms with Crippen LogP contribution in [0.1, 0.15) is 31.4 Å². The van der Waals surface area contributed by atoms with E-state index >= 15 is 0 Å². The van der Waals surface area contributed by atoms with Crippen LogP contribution in [0.3, 0.4) is 0 Å². The van der Waals surface area contributed by atoms with E-state index < -0.39 is 6.61 Å². The molecular formula is C16H24F2N2O. The molecule has 5 heteroatoms. The molecule has 1 heterocycles. The van der Waals surface area contributed by atoms with Crippen molar-refractivity contribution in [2.75, 3.05) is 26.7 Å². The molecule has 1 atom stereocenters. The van der Waals surface area contributed by atoms with E-state index in [-0.39, 0.29) is 11.8 Å². The van der Waals surface area contributed by atoms with Gasteiger partial charge in [-0.15, -0.1) is 0 Å². The van der Waals surface area contributed by atoms with Crippen LogP contribution in [0.2, 0.25) is 0 Å². The highest BCUT2D eigenvalue weighted by molar-refractivity contribution is 5.30. The van der Waals surface area contributed by atoms with Gasteiger partial charge in [0.05, 0.1) is 0 Å². The molecule has 1 unspecified atom stereocenters. The molecule has 1 aromatic rings. The van der Waals surface area contributed by atoms with Crippen LogP contribution in [-0.2, 0) is 0 Å². The van der Waals surface area contributed by atoms with Crippen LogP contribution >= 0.6 is 0 Å². The van der Waals surface area contributed by atoms with Crippen molar-refractivity contribution in [3.05, 3.63) is 29.8 Å². The summed E-state index contributed by atoms with van der Waals surface area (Å²) in [5.74, 6) is 0.934. The molecule has 0 radical (unpaired) electrons. The maximum atomic E-state index is 12.3. The number of nitrogens with zero attached hydrogens (tertiary/aromatic N) is 1. The summed E-state index contributed by atoms with van der Waals surface area (Å²) in [6, 6.07) is 7.18. The molecule has 1 aliphatic rings. The molecular weight excluding hydrogens is 274 g/mol. The first-order chi connectivity index (χ1) is 10.1. The lowest BCUT2D eigenvalue weighted by Gasteiger charge is -2.31. The van der Waals surface area contributed by atoms with Crippen molar-refractivity contribution in [3.63, 3.8) is 0 Å². The minimum atomic E-state index is -2.77. The van der Waals surface area contributed by atoms with Crippen molar-refractivity contribution in [2.24, 2.45) is 5.92 Å². The number of ether oxygens (including phenoxy) is 1. The van der Waals surface area contributed by atoms with E-state index in [0.29, 0.717) is 5.92 Å². The minimum absolute atomic E-state index is 0.182. The fourth-order valence-corrected chi connectivity index (χ4v) is 2.83. The Morgan fingerprint density at radius 2 is 2.05 bits per heavy atom. The monoisotopic (exact) mass is 298 g/mol. The van der Waals surface area contributed by atoms with E-state index in [1.165, 1.54) is 12.8 Å². The van der Waals surface area contributed by atoms with Gasteiger partial charge < -0.3 is 10.1 Å². The van der Waals surface area contributed by atoms with E-state index in [1.54, 1.807) is 18.2 Å². The third kappa shape index (κ3) is 4.93. The number of alkyl halides is 2. The normalized spacial score (nSPS) is 18.2. The van der Waals surface area contributed by atoms with Crippen molar-refractivity contribution in [2.45, 2.75) is 32.4 Å². The zero-order valence-electron chi connectivity index (χ0n) is 12.7. The van der Waals surface area contributed by atoms with Crippen LogP contribution in [-0.4, -0.2) is 38.2 Å². The molecule has 0 aliphatic carbocycles. The van der Waals surface area contributed by atoms with Crippen LogP contribution in [0, 0.1) is 5.92 Å². The lowest BCUT2D eigenvalue weighted by molar-refractivity contribution is -0.0499. The van der Waals surface area contributed by atoms with E-state index in [4.69, 9.17) is 0 Å². The first-order valence-corrected chi connectivity index (χ1v) is 7.52. The van der Waals surface area contributed by atoms with Gasteiger partial charge in [0.2, 0.25) is 0 Å². The Bertz CT molecular complexity index is 436. The van der Waals surface area contributed by atoms with Gasteiger partial charge in [-0.3, -0.25) is 4.90 Å². The van der Waals surface area contributed by atoms with Crippen molar-refractivity contribution >= 4 is 0 Å². The van der Waals surface area contributed by atoms with Crippen molar-refractivity contribution < 1.29 is 13.5 Å². The van der Waals surface area contributed by atoms with Crippen LogP contribution in [0.4, 0.5) is 8.78 Å². The quantitative estimate of drug-likeness (QED) is 0.872. The fourth-order valence-electron chi connectivity index (χ4n) is 2.83. The number of rotatable bonds is 6. The maximum Gasteiger partial charge on any atom is 0.387 e. The molecule has 21 heavy (non-hydrogen) atoms. The molecule has 0 amide bonds. The van der Waals surface area contributed by atoms with E-state index in [1.807, 2.05) is 6.07 Å². The van der Waals surface area contributed by atoms with E-state index in [9.17, 15) is 8.78 Å². The third-order valence-electron chi connectivity index (χ3n) is 4.23. The van der Waals surface area contributed by atoms with Gasteiger partial charge in [-0.05, 0) is 63.5 Å².